The van der Waals surface area contributed by atoms with E-state index < -0.39 is 0 Å². The van der Waals surface area contributed by atoms with Crippen LogP contribution in [0.4, 0.5) is 11.4 Å². The topological polar surface area (TPSA) is 89.3 Å². The molecule has 0 aliphatic carbocycles. The van der Waals surface area contributed by atoms with Crippen LogP contribution in [0.25, 0.3) is 0 Å². The Bertz CT molecular complexity index is 1130. The molecule has 42 heavy (non-hydrogen) atoms. The molecule has 0 heterocycles. The number of unbranched alkanes of at least 4 members (excludes halogenated alkanes) is 6. The van der Waals surface area contributed by atoms with Crippen LogP contribution in [0.5, 0.6) is 23.0 Å². The Morgan fingerprint density at radius 3 is 1.40 bits per heavy atom. The van der Waals surface area contributed by atoms with E-state index in [4.69, 9.17) is 32.7 Å². The standard InChI is InChI=1S/C32H40N2O4.CH2Cl2.Cu/c1-3-5-7-11-19-37-27-17-15-25(31(35)21-27)23-33-29-13-9-10-14-30(29)34-24-26-16-18-28(22-32(26)36)38-20-12-8-6-4-2;2-1-3;/h9-10,13-18,21-24,35-36H,3-8,11-12,19-20H2,1-2H3;1H2;/q;;+2/p-2. The minimum absolute atomic E-state index is 0. The molecule has 1 radical (unpaired) electrons. The number of para-hydroxylation sites is 2. The summed E-state index contributed by atoms with van der Waals surface area (Å²) in [6, 6.07) is 17.4. The number of ether oxygens (including phenoxy) is 2. The summed E-state index contributed by atoms with van der Waals surface area (Å²) < 4.78 is 11.4. The molecule has 0 amide bonds. The Balaban J connectivity index is 0.00000211. The van der Waals surface area contributed by atoms with Gasteiger partial charge in [0.1, 0.15) is 11.5 Å². The minimum atomic E-state index is -0.149. The minimum Gasteiger partial charge on any atom is -0.872 e. The average molecular weight is 663 g/mol. The van der Waals surface area contributed by atoms with Crippen LogP contribution < -0.4 is 19.7 Å². The molecule has 0 aliphatic heterocycles. The van der Waals surface area contributed by atoms with Crippen LogP contribution in [0.2, 0.25) is 0 Å². The normalized spacial score (nSPS) is 10.8. The van der Waals surface area contributed by atoms with E-state index in [1.165, 1.54) is 50.2 Å². The number of alkyl halides is 2. The van der Waals surface area contributed by atoms with Crippen molar-refractivity contribution in [2.75, 3.05) is 18.6 Å². The Morgan fingerprint density at radius 1 is 0.643 bits per heavy atom. The molecule has 9 heteroatoms. The van der Waals surface area contributed by atoms with Crippen LogP contribution >= 0.6 is 23.2 Å². The van der Waals surface area contributed by atoms with Gasteiger partial charge >= 0.3 is 17.1 Å². The molecule has 0 fully saturated rings. The van der Waals surface area contributed by atoms with Crippen LogP contribution in [0.15, 0.2) is 70.6 Å². The summed E-state index contributed by atoms with van der Waals surface area (Å²) in [6.45, 7) is 5.56. The number of aliphatic imine (C=N–C) groups is 2. The van der Waals surface area contributed by atoms with E-state index in [1.54, 1.807) is 24.3 Å². The van der Waals surface area contributed by atoms with Gasteiger partial charge in [0.05, 0.1) is 29.9 Å². The third kappa shape index (κ3) is 14.5. The van der Waals surface area contributed by atoms with E-state index >= 15 is 0 Å². The van der Waals surface area contributed by atoms with E-state index in [0.717, 1.165) is 25.7 Å². The molecule has 0 aromatic heterocycles. The molecular formula is C33H40Cl2CuN2O4. The second-order valence-electron chi connectivity index (χ2n) is 9.32. The van der Waals surface area contributed by atoms with Crippen molar-refractivity contribution in [3.8, 4) is 23.0 Å². The van der Waals surface area contributed by atoms with Gasteiger partial charge in [0.15, 0.2) is 0 Å². The van der Waals surface area contributed by atoms with Crippen molar-refractivity contribution in [1.82, 2.24) is 0 Å². The van der Waals surface area contributed by atoms with Gasteiger partial charge in [-0.1, -0.05) is 88.1 Å². The maximum atomic E-state index is 12.5. The monoisotopic (exact) mass is 661 g/mol. The van der Waals surface area contributed by atoms with Gasteiger partial charge in [0, 0.05) is 12.4 Å². The SMILES string of the molecule is CCCCCCOc1ccc(C=Nc2ccccc2N=Cc2ccc(OCCCCCC)cc2[O-])c([O-])c1.ClCCl.[Cu+2]. The van der Waals surface area contributed by atoms with Crippen molar-refractivity contribution < 1.29 is 36.8 Å². The molecule has 6 nitrogen and oxygen atoms in total. The Morgan fingerprint density at radius 2 is 1.05 bits per heavy atom. The van der Waals surface area contributed by atoms with Crippen molar-refractivity contribution in [2.45, 2.75) is 65.2 Å². The summed E-state index contributed by atoms with van der Waals surface area (Å²) in [7, 11) is 0. The summed E-state index contributed by atoms with van der Waals surface area (Å²) in [5.41, 5.74) is 2.13. The molecule has 0 aliphatic rings. The third-order valence-corrected chi connectivity index (χ3v) is 6.07. The molecule has 3 aromatic rings. The van der Waals surface area contributed by atoms with Crippen molar-refractivity contribution in [2.24, 2.45) is 9.98 Å². The zero-order chi connectivity index (χ0) is 29.7. The van der Waals surface area contributed by atoms with Crippen LogP contribution in [0.3, 0.4) is 0 Å². The first-order valence-electron chi connectivity index (χ1n) is 14.2. The van der Waals surface area contributed by atoms with Crippen LogP contribution in [0.1, 0.15) is 76.3 Å². The van der Waals surface area contributed by atoms with Crippen LogP contribution in [-0.2, 0) is 17.1 Å². The molecule has 0 atom stereocenters. The van der Waals surface area contributed by atoms with Crippen molar-refractivity contribution >= 4 is 47.0 Å². The van der Waals surface area contributed by atoms with Gasteiger partial charge in [-0.15, -0.1) is 23.2 Å². The predicted molar refractivity (Wildman–Crippen MR) is 169 cm³/mol. The van der Waals surface area contributed by atoms with E-state index in [9.17, 15) is 10.2 Å². The van der Waals surface area contributed by atoms with Gasteiger partial charge in [-0.3, -0.25) is 9.98 Å². The van der Waals surface area contributed by atoms with Gasteiger partial charge in [0.25, 0.3) is 0 Å². The van der Waals surface area contributed by atoms with E-state index in [0.29, 0.717) is 47.2 Å². The summed E-state index contributed by atoms with van der Waals surface area (Å²) in [4.78, 5) is 8.98. The predicted octanol–water partition coefficient (Wildman–Crippen LogP) is 8.67. The maximum Gasteiger partial charge on any atom is 2.00 e. The fourth-order valence-electron chi connectivity index (χ4n) is 3.82. The molecule has 231 valence electrons. The number of nitrogens with zero attached hydrogens (tertiary/aromatic N) is 2. The number of halogens is 2. The fraction of sp³-hybridized carbons (Fsp3) is 0.394. The Hall–Kier alpha value is -2.70. The fourth-order valence-corrected chi connectivity index (χ4v) is 3.82. The molecular weight excluding hydrogens is 623 g/mol. The quantitative estimate of drug-likeness (QED) is 0.0664. The number of hydrogen-bond donors (Lipinski definition) is 0. The molecule has 0 bridgehead atoms. The first-order valence-corrected chi connectivity index (χ1v) is 15.3. The molecule has 0 saturated carbocycles. The summed E-state index contributed by atoms with van der Waals surface area (Å²) >= 11 is 9.53. The maximum absolute atomic E-state index is 12.5. The van der Waals surface area contributed by atoms with Crippen molar-refractivity contribution in [3.05, 3.63) is 71.8 Å². The van der Waals surface area contributed by atoms with Crippen molar-refractivity contribution in [1.29, 1.82) is 0 Å². The molecule has 3 aromatic carbocycles. The van der Waals surface area contributed by atoms with E-state index in [1.807, 2.05) is 24.3 Å². The molecule has 0 N–H and O–H groups in total. The van der Waals surface area contributed by atoms with Gasteiger partial charge < -0.3 is 19.7 Å². The molecule has 0 unspecified atom stereocenters. The zero-order valence-corrected chi connectivity index (χ0v) is 26.7. The molecule has 0 spiro atoms. The Labute approximate surface area is 271 Å². The summed E-state index contributed by atoms with van der Waals surface area (Å²) in [6.07, 6.45) is 12.0. The number of benzene rings is 3. The van der Waals surface area contributed by atoms with E-state index in [2.05, 4.69) is 23.8 Å². The first-order chi connectivity index (χ1) is 20.0. The first kappa shape index (κ1) is 37.3. The number of rotatable bonds is 16. The van der Waals surface area contributed by atoms with E-state index in [-0.39, 0.29) is 33.9 Å². The van der Waals surface area contributed by atoms with Crippen molar-refractivity contribution in [3.63, 3.8) is 0 Å². The zero-order valence-electron chi connectivity index (χ0n) is 24.3. The Kier molecular flexibility index (Phi) is 20.3. The summed E-state index contributed by atoms with van der Waals surface area (Å²) in [5, 5.41) is 25.2. The summed E-state index contributed by atoms with van der Waals surface area (Å²) in [5.74, 6) is 0.860. The largest absolute Gasteiger partial charge is 2.00 e. The van der Waals surface area contributed by atoms with Gasteiger partial charge in [0.2, 0.25) is 0 Å². The van der Waals surface area contributed by atoms with Gasteiger partial charge in [-0.25, -0.2) is 0 Å². The average Bonchev–Trinajstić information content (AvgIpc) is 2.97. The molecule has 3 rings (SSSR count). The molecule has 0 saturated heterocycles. The second-order valence-corrected chi connectivity index (χ2v) is 10.1. The van der Waals surface area contributed by atoms with Gasteiger partial charge in [-0.05, 0) is 60.4 Å². The van der Waals surface area contributed by atoms with Crippen LogP contribution in [0, 0.1) is 0 Å². The van der Waals surface area contributed by atoms with Gasteiger partial charge in [-0.2, -0.15) is 0 Å². The van der Waals surface area contributed by atoms with Crippen LogP contribution in [-0.4, -0.2) is 31.0 Å². The third-order valence-electron chi connectivity index (χ3n) is 6.07. The smallest absolute Gasteiger partial charge is 0.872 e. The number of hydrogen-bond acceptors (Lipinski definition) is 6. The second kappa shape index (κ2) is 22.8.